The zero-order valence-electron chi connectivity index (χ0n) is 23.9. The Morgan fingerprint density at radius 2 is 1.29 bits per heavy atom. The predicted molar refractivity (Wildman–Crippen MR) is 155 cm³/mol. The Kier molecular flexibility index (Phi) is 8.48. The van der Waals surface area contributed by atoms with E-state index in [4.69, 9.17) is 4.74 Å². The van der Waals surface area contributed by atoms with Crippen LogP contribution < -0.4 is 4.74 Å². The van der Waals surface area contributed by atoms with Crippen molar-refractivity contribution in [2.45, 2.75) is 26.2 Å². The predicted octanol–water partition coefficient (Wildman–Crippen LogP) is 4.38. The minimum Gasteiger partial charge on any atom is -0.423 e. The summed E-state index contributed by atoms with van der Waals surface area (Å²) in [7, 11) is 0. The van der Waals surface area contributed by atoms with Gasteiger partial charge in [-0.3, -0.25) is 39.4 Å². The molecule has 1 aliphatic carbocycles. The summed E-state index contributed by atoms with van der Waals surface area (Å²) in [5.41, 5.74) is -0.378. The molecule has 1 saturated heterocycles. The maximum absolute atomic E-state index is 13.7. The smallest absolute Gasteiger partial charge is 0.343 e. The average molecular weight is 615 g/mol. The summed E-state index contributed by atoms with van der Waals surface area (Å²) in [4.78, 5) is 87.1. The van der Waals surface area contributed by atoms with Gasteiger partial charge in [-0.1, -0.05) is 6.92 Å². The molecule has 0 N–H and O–H groups in total. The maximum Gasteiger partial charge on any atom is 0.343 e. The number of carbonyl (C=O) groups is 5. The molecule has 0 aromatic heterocycles. The van der Waals surface area contributed by atoms with Gasteiger partial charge in [-0.05, 0) is 73.7 Å². The lowest BCUT2D eigenvalue weighted by Crippen LogP contribution is -2.52. The zero-order chi connectivity index (χ0) is 32.4. The Balaban J connectivity index is 1.36. The van der Waals surface area contributed by atoms with Gasteiger partial charge >= 0.3 is 5.97 Å². The third kappa shape index (κ3) is 6.30. The van der Waals surface area contributed by atoms with E-state index in [0.717, 1.165) is 40.7 Å². The summed E-state index contributed by atoms with van der Waals surface area (Å²) >= 11 is 0. The number of esters is 1. The topological polar surface area (TPSA) is 187 Å². The minimum absolute atomic E-state index is 0.0641. The first-order valence-electron chi connectivity index (χ1n) is 14.0. The number of hydrogen-bond donors (Lipinski definition) is 0. The standard InChI is InChI=1S/C31H26N4O10/c1-18-2-15-25-26(16-18)30(39)33(29(25)38)32(28(37)20-3-9-22(10-4-20)34(41)42)17-27(36)19-7-13-24(14-8-19)45-31(40)21-5-11-23(12-6-21)35(43)44/h3-14,18,25-26H,2,15-17H2,1H3/t18-,25+,26-/m1/s1. The van der Waals surface area contributed by atoms with Crippen molar-refractivity contribution in [1.82, 2.24) is 10.0 Å². The summed E-state index contributed by atoms with van der Waals surface area (Å²) in [5.74, 6) is -4.39. The van der Waals surface area contributed by atoms with Crippen LogP contribution in [-0.2, 0) is 9.59 Å². The van der Waals surface area contributed by atoms with Crippen LogP contribution in [0.2, 0.25) is 0 Å². The highest BCUT2D eigenvalue weighted by atomic mass is 16.6. The monoisotopic (exact) mass is 614 g/mol. The van der Waals surface area contributed by atoms with E-state index in [-0.39, 0.29) is 39.7 Å². The van der Waals surface area contributed by atoms with Crippen LogP contribution >= 0.6 is 0 Å². The van der Waals surface area contributed by atoms with E-state index >= 15 is 0 Å². The summed E-state index contributed by atoms with van der Waals surface area (Å²) in [6.45, 7) is 1.29. The first kappa shape index (κ1) is 30.7. The summed E-state index contributed by atoms with van der Waals surface area (Å²) in [6, 6.07) is 14.7. The SMILES string of the molecule is C[C@@H]1CC[C@@H]2C(=O)N(N(CC(=O)c3ccc(OC(=O)c4ccc([N+](=O)[O-])cc4)cc3)C(=O)c3ccc([N+](=O)[O-])cc3)C(=O)[C@@H]2C1. The van der Waals surface area contributed by atoms with Crippen LogP contribution in [-0.4, -0.2) is 55.9 Å². The van der Waals surface area contributed by atoms with Crippen molar-refractivity contribution in [2.24, 2.45) is 17.8 Å². The number of amides is 3. The number of nitrogens with zero attached hydrogens (tertiary/aromatic N) is 4. The molecule has 5 rings (SSSR count). The Labute approximate surface area is 255 Å². The average Bonchev–Trinajstić information content (AvgIpc) is 3.27. The highest BCUT2D eigenvalue weighted by molar-refractivity contribution is 6.09. The van der Waals surface area contributed by atoms with E-state index < -0.39 is 57.7 Å². The van der Waals surface area contributed by atoms with Gasteiger partial charge in [-0.2, -0.15) is 5.01 Å². The second kappa shape index (κ2) is 12.4. The highest BCUT2D eigenvalue weighted by Crippen LogP contribution is 2.41. The van der Waals surface area contributed by atoms with Gasteiger partial charge in [0, 0.05) is 35.4 Å². The molecule has 1 aliphatic heterocycles. The van der Waals surface area contributed by atoms with Crippen molar-refractivity contribution < 1.29 is 38.6 Å². The fourth-order valence-electron chi connectivity index (χ4n) is 5.54. The molecule has 3 aromatic rings. The van der Waals surface area contributed by atoms with E-state index in [1.54, 1.807) is 0 Å². The van der Waals surface area contributed by atoms with Crippen LogP contribution in [0.1, 0.15) is 57.3 Å². The minimum atomic E-state index is -0.861. The van der Waals surface area contributed by atoms with E-state index in [2.05, 4.69) is 0 Å². The molecule has 3 atom stereocenters. The molecule has 1 heterocycles. The van der Waals surface area contributed by atoms with Gasteiger partial charge in [0.15, 0.2) is 5.78 Å². The molecule has 0 spiro atoms. The summed E-state index contributed by atoms with van der Waals surface area (Å²) in [5, 5.41) is 23.5. The lowest BCUT2D eigenvalue weighted by Gasteiger charge is -2.30. The van der Waals surface area contributed by atoms with E-state index in [9.17, 15) is 44.2 Å². The first-order chi connectivity index (χ1) is 21.4. The third-order valence-corrected chi connectivity index (χ3v) is 7.96. The van der Waals surface area contributed by atoms with E-state index in [1.807, 2.05) is 6.92 Å². The van der Waals surface area contributed by atoms with E-state index in [0.29, 0.717) is 12.8 Å². The number of non-ortho nitro benzene ring substituents is 2. The number of hydrogen-bond acceptors (Lipinski definition) is 10. The molecule has 0 bridgehead atoms. The fourth-order valence-corrected chi connectivity index (χ4v) is 5.54. The molecular weight excluding hydrogens is 588 g/mol. The number of Topliss-reactive ketones (excluding diaryl/α,β-unsaturated/α-hetero) is 1. The van der Waals surface area contributed by atoms with Gasteiger partial charge in [0.25, 0.3) is 29.1 Å². The number of fused-ring (bicyclic) bond motifs is 1. The van der Waals surface area contributed by atoms with Gasteiger partial charge < -0.3 is 4.74 Å². The number of carbonyl (C=O) groups excluding carboxylic acids is 5. The molecule has 45 heavy (non-hydrogen) atoms. The summed E-state index contributed by atoms with van der Waals surface area (Å²) in [6.07, 6.45) is 1.68. The van der Waals surface area contributed by atoms with Crippen LogP contribution in [0, 0.1) is 38.0 Å². The molecule has 3 amide bonds. The van der Waals surface area contributed by atoms with Crippen molar-refractivity contribution in [3.05, 3.63) is 110 Å². The van der Waals surface area contributed by atoms with Crippen LogP contribution in [0.5, 0.6) is 5.75 Å². The fraction of sp³-hybridized carbons (Fsp3) is 0.258. The lowest BCUT2D eigenvalue weighted by molar-refractivity contribution is -0.385. The van der Waals surface area contributed by atoms with Crippen molar-refractivity contribution in [2.75, 3.05) is 6.54 Å². The maximum atomic E-state index is 13.7. The number of nitro groups is 2. The Bertz CT molecular complexity index is 1700. The quantitative estimate of drug-likeness (QED) is 0.0835. The van der Waals surface area contributed by atoms with Crippen LogP contribution in [0.4, 0.5) is 11.4 Å². The lowest BCUT2D eigenvalue weighted by atomic mass is 9.76. The first-order valence-corrected chi connectivity index (χ1v) is 14.0. The second-order valence-corrected chi connectivity index (χ2v) is 10.9. The normalized spacial score (nSPS) is 19.0. The van der Waals surface area contributed by atoms with Crippen LogP contribution in [0.3, 0.4) is 0 Å². The zero-order valence-corrected chi connectivity index (χ0v) is 23.9. The Morgan fingerprint density at radius 1 is 0.778 bits per heavy atom. The molecule has 2 fully saturated rings. The summed E-state index contributed by atoms with van der Waals surface area (Å²) < 4.78 is 5.28. The van der Waals surface area contributed by atoms with Gasteiger partial charge in [0.2, 0.25) is 0 Å². The molecular formula is C31H26N4O10. The van der Waals surface area contributed by atoms with Crippen molar-refractivity contribution in [3.63, 3.8) is 0 Å². The molecule has 1 saturated carbocycles. The number of nitro benzene ring substituents is 2. The van der Waals surface area contributed by atoms with Crippen molar-refractivity contribution >= 4 is 40.8 Å². The molecule has 230 valence electrons. The van der Waals surface area contributed by atoms with E-state index in [1.165, 1.54) is 48.5 Å². The third-order valence-electron chi connectivity index (χ3n) is 7.96. The number of hydrazine groups is 1. The molecule has 0 radical (unpaired) electrons. The Hall–Kier alpha value is -5.79. The van der Waals surface area contributed by atoms with Gasteiger partial charge in [0.05, 0.1) is 27.2 Å². The molecule has 3 aromatic carbocycles. The molecule has 14 heteroatoms. The van der Waals surface area contributed by atoms with Crippen LogP contribution in [0.15, 0.2) is 72.8 Å². The number of ketones is 1. The number of ether oxygens (including phenoxy) is 1. The van der Waals surface area contributed by atoms with Crippen molar-refractivity contribution in [1.29, 1.82) is 0 Å². The largest absolute Gasteiger partial charge is 0.423 e. The number of imide groups is 1. The number of benzene rings is 3. The molecule has 2 aliphatic rings. The molecule has 14 nitrogen and oxygen atoms in total. The number of rotatable bonds is 9. The Morgan fingerprint density at radius 3 is 1.84 bits per heavy atom. The second-order valence-electron chi connectivity index (χ2n) is 10.9. The molecule has 0 unspecified atom stereocenters. The van der Waals surface area contributed by atoms with Crippen LogP contribution in [0.25, 0.3) is 0 Å². The van der Waals surface area contributed by atoms with Gasteiger partial charge in [-0.15, -0.1) is 0 Å². The van der Waals surface area contributed by atoms with Gasteiger partial charge in [-0.25, -0.2) is 9.80 Å². The highest BCUT2D eigenvalue weighted by Gasteiger charge is 2.52. The van der Waals surface area contributed by atoms with Crippen molar-refractivity contribution in [3.8, 4) is 5.75 Å². The van der Waals surface area contributed by atoms with Gasteiger partial charge in [0.1, 0.15) is 12.3 Å².